The number of hydrogen-bond donors (Lipinski definition) is 0. The Hall–Kier alpha value is -2.16. The first kappa shape index (κ1) is 12.3. The zero-order chi connectivity index (χ0) is 13.1. The van der Waals surface area contributed by atoms with Crippen molar-refractivity contribution >= 4 is 5.69 Å². The summed E-state index contributed by atoms with van der Waals surface area (Å²) in [6.45, 7) is 4.16. The van der Waals surface area contributed by atoms with Crippen molar-refractivity contribution in [3.63, 3.8) is 0 Å². The summed E-state index contributed by atoms with van der Waals surface area (Å²) in [6.07, 6.45) is 0. The van der Waals surface area contributed by atoms with Crippen LogP contribution < -0.4 is 0 Å². The average Bonchev–Trinajstić information content (AvgIpc) is 2.39. The molecule has 0 aromatic heterocycles. The van der Waals surface area contributed by atoms with Crippen molar-refractivity contribution < 1.29 is 4.92 Å². The molecule has 0 aliphatic heterocycles. The van der Waals surface area contributed by atoms with E-state index in [1.165, 1.54) is 11.1 Å². The van der Waals surface area contributed by atoms with Crippen molar-refractivity contribution in [3.05, 3.63) is 75.3 Å². The maximum atomic E-state index is 10.6. The highest BCUT2D eigenvalue weighted by Crippen LogP contribution is 2.25. The second-order valence-corrected chi connectivity index (χ2v) is 4.48. The molecular weight excluding hydrogens is 226 g/mol. The zero-order valence-corrected chi connectivity index (χ0v) is 10.5. The van der Waals surface area contributed by atoms with Gasteiger partial charge in [-0.2, -0.15) is 0 Å². The first-order valence-corrected chi connectivity index (χ1v) is 5.89. The van der Waals surface area contributed by atoms with Gasteiger partial charge in [0, 0.05) is 18.1 Å². The lowest BCUT2D eigenvalue weighted by Crippen LogP contribution is -1.96. The van der Waals surface area contributed by atoms with E-state index in [0.717, 1.165) is 5.56 Å². The van der Waals surface area contributed by atoms with Gasteiger partial charge in [-0.1, -0.05) is 48.9 Å². The Morgan fingerprint density at radius 1 is 0.944 bits per heavy atom. The first-order chi connectivity index (χ1) is 8.58. The van der Waals surface area contributed by atoms with Crippen molar-refractivity contribution in [1.82, 2.24) is 0 Å². The molecule has 3 heteroatoms. The quantitative estimate of drug-likeness (QED) is 0.601. The Morgan fingerprint density at radius 2 is 1.39 bits per heavy atom. The molecule has 0 aliphatic carbocycles. The Labute approximate surface area is 106 Å². The Bertz CT molecular complexity index is 544. The fourth-order valence-electron chi connectivity index (χ4n) is 1.93. The summed E-state index contributed by atoms with van der Waals surface area (Å²) in [5.74, 6) is 0.242. The first-order valence-electron chi connectivity index (χ1n) is 5.89. The molecule has 2 aromatic rings. The van der Waals surface area contributed by atoms with Crippen LogP contribution in [0.4, 0.5) is 5.69 Å². The summed E-state index contributed by atoms with van der Waals surface area (Å²) in [5.41, 5.74) is 3.67. The zero-order valence-electron chi connectivity index (χ0n) is 10.5. The Morgan fingerprint density at radius 3 is 1.83 bits per heavy atom. The van der Waals surface area contributed by atoms with Gasteiger partial charge in [0.1, 0.15) is 0 Å². The number of aryl methyl sites for hydroxylation is 1. The standard InChI is InChI=1S/C15H15NO2/c1-11-3-5-13(6-4-11)12(2)14-7-9-15(10-8-14)16(17)18/h3-10,12H,1-2H3. The van der Waals surface area contributed by atoms with Crippen LogP contribution in [-0.4, -0.2) is 4.92 Å². The minimum absolute atomic E-state index is 0.134. The van der Waals surface area contributed by atoms with Gasteiger partial charge in [0.25, 0.3) is 5.69 Å². The third-order valence-corrected chi connectivity index (χ3v) is 3.18. The number of nitro benzene ring substituents is 1. The summed E-state index contributed by atoms with van der Waals surface area (Å²) >= 11 is 0. The molecular formula is C15H15NO2. The molecule has 0 N–H and O–H groups in total. The van der Waals surface area contributed by atoms with Crippen molar-refractivity contribution in [3.8, 4) is 0 Å². The van der Waals surface area contributed by atoms with Crippen LogP contribution in [0.5, 0.6) is 0 Å². The van der Waals surface area contributed by atoms with Gasteiger partial charge in [-0.05, 0) is 18.1 Å². The largest absolute Gasteiger partial charge is 0.269 e. The van der Waals surface area contributed by atoms with Gasteiger partial charge < -0.3 is 0 Å². The fraction of sp³-hybridized carbons (Fsp3) is 0.200. The van der Waals surface area contributed by atoms with Crippen molar-refractivity contribution in [2.75, 3.05) is 0 Å². The van der Waals surface area contributed by atoms with E-state index in [-0.39, 0.29) is 16.5 Å². The summed E-state index contributed by atoms with van der Waals surface area (Å²) in [5, 5.41) is 10.6. The van der Waals surface area contributed by atoms with Gasteiger partial charge in [0.15, 0.2) is 0 Å². The molecule has 1 unspecified atom stereocenters. The van der Waals surface area contributed by atoms with Gasteiger partial charge in [-0.15, -0.1) is 0 Å². The normalized spacial score (nSPS) is 12.1. The minimum Gasteiger partial charge on any atom is -0.258 e. The molecule has 0 fully saturated rings. The van der Waals surface area contributed by atoms with Gasteiger partial charge in [-0.3, -0.25) is 10.1 Å². The van der Waals surface area contributed by atoms with E-state index in [4.69, 9.17) is 0 Å². The van der Waals surface area contributed by atoms with Crippen LogP contribution in [-0.2, 0) is 0 Å². The average molecular weight is 241 g/mol. The molecule has 2 aromatic carbocycles. The van der Waals surface area contributed by atoms with Crippen LogP contribution in [0.3, 0.4) is 0 Å². The predicted octanol–water partition coefficient (Wildman–Crippen LogP) is 4.06. The van der Waals surface area contributed by atoms with Crippen LogP contribution in [0.25, 0.3) is 0 Å². The number of nitrogens with zero attached hydrogens (tertiary/aromatic N) is 1. The lowest BCUT2D eigenvalue weighted by atomic mass is 9.92. The van der Waals surface area contributed by atoms with Crippen molar-refractivity contribution in [2.24, 2.45) is 0 Å². The molecule has 0 bridgehead atoms. The molecule has 0 amide bonds. The molecule has 0 heterocycles. The van der Waals surface area contributed by atoms with Crippen LogP contribution in [0.2, 0.25) is 0 Å². The number of non-ortho nitro benzene ring substituents is 1. The smallest absolute Gasteiger partial charge is 0.258 e. The molecule has 0 saturated heterocycles. The van der Waals surface area contributed by atoms with E-state index in [1.54, 1.807) is 12.1 Å². The van der Waals surface area contributed by atoms with Crippen LogP contribution >= 0.6 is 0 Å². The fourth-order valence-corrected chi connectivity index (χ4v) is 1.93. The van der Waals surface area contributed by atoms with E-state index in [0.29, 0.717) is 0 Å². The van der Waals surface area contributed by atoms with Gasteiger partial charge in [0.05, 0.1) is 4.92 Å². The molecule has 0 spiro atoms. The second-order valence-electron chi connectivity index (χ2n) is 4.48. The summed E-state index contributed by atoms with van der Waals surface area (Å²) < 4.78 is 0. The summed E-state index contributed by atoms with van der Waals surface area (Å²) in [7, 11) is 0. The molecule has 92 valence electrons. The van der Waals surface area contributed by atoms with E-state index in [2.05, 4.69) is 38.1 Å². The molecule has 2 rings (SSSR count). The van der Waals surface area contributed by atoms with Crippen molar-refractivity contribution in [2.45, 2.75) is 19.8 Å². The Kier molecular flexibility index (Phi) is 3.42. The number of benzene rings is 2. The molecule has 0 radical (unpaired) electrons. The van der Waals surface area contributed by atoms with Gasteiger partial charge in [-0.25, -0.2) is 0 Å². The molecule has 1 atom stereocenters. The number of nitro groups is 1. The Balaban J connectivity index is 2.25. The van der Waals surface area contributed by atoms with Gasteiger partial charge in [0.2, 0.25) is 0 Å². The maximum Gasteiger partial charge on any atom is 0.269 e. The van der Waals surface area contributed by atoms with E-state index in [1.807, 2.05) is 12.1 Å². The highest BCUT2D eigenvalue weighted by atomic mass is 16.6. The highest BCUT2D eigenvalue weighted by molar-refractivity contribution is 5.38. The third-order valence-electron chi connectivity index (χ3n) is 3.18. The van der Waals surface area contributed by atoms with Crippen molar-refractivity contribution in [1.29, 1.82) is 0 Å². The van der Waals surface area contributed by atoms with Crippen LogP contribution in [0, 0.1) is 17.0 Å². The maximum absolute atomic E-state index is 10.6. The van der Waals surface area contributed by atoms with E-state index < -0.39 is 0 Å². The lowest BCUT2D eigenvalue weighted by Gasteiger charge is -2.12. The minimum atomic E-state index is -0.375. The second kappa shape index (κ2) is 5.00. The van der Waals surface area contributed by atoms with Gasteiger partial charge >= 0.3 is 0 Å². The summed E-state index contributed by atoms with van der Waals surface area (Å²) in [6, 6.07) is 15.1. The lowest BCUT2D eigenvalue weighted by molar-refractivity contribution is -0.384. The summed E-state index contributed by atoms with van der Waals surface area (Å²) in [4.78, 5) is 10.2. The number of hydrogen-bond acceptors (Lipinski definition) is 2. The molecule has 0 aliphatic rings. The monoisotopic (exact) mass is 241 g/mol. The highest BCUT2D eigenvalue weighted by Gasteiger charge is 2.10. The number of rotatable bonds is 3. The molecule has 0 saturated carbocycles. The third kappa shape index (κ3) is 2.56. The van der Waals surface area contributed by atoms with Crippen LogP contribution in [0.15, 0.2) is 48.5 Å². The van der Waals surface area contributed by atoms with E-state index in [9.17, 15) is 10.1 Å². The SMILES string of the molecule is Cc1ccc(C(C)c2ccc([N+](=O)[O-])cc2)cc1. The van der Waals surface area contributed by atoms with E-state index >= 15 is 0 Å². The molecule has 18 heavy (non-hydrogen) atoms. The topological polar surface area (TPSA) is 43.1 Å². The van der Waals surface area contributed by atoms with Crippen LogP contribution in [0.1, 0.15) is 29.5 Å². The molecule has 3 nitrogen and oxygen atoms in total. The predicted molar refractivity (Wildman–Crippen MR) is 71.8 cm³/mol.